The molecule has 0 aliphatic carbocycles. The van der Waals surface area contributed by atoms with Crippen LogP contribution in [0, 0.1) is 5.92 Å². The van der Waals surface area contributed by atoms with Gasteiger partial charge in [0.15, 0.2) is 6.10 Å². The summed E-state index contributed by atoms with van der Waals surface area (Å²) in [4.78, 5) is 62.7. The van der Waals surface area contributed by atoms with Gasteiger partial charge in [-0.25, -0.2) is 14.4 Å². The maximum atomic E-state index is 13.0. The van der Waals surface area contributed by atoms with Crippen LogP contribution < -0.4 is 0 Å². The summed E-state index contributed by atoms with van der Waals surface area (Å²) in [5.41, 5.74) is -6.34. The van der Waals surface area contributed by atoms with E-state index in [1.807, 2.05) is 49.4 Å². The number of fused-ring (bicyclic) bond motifs is 2. The summed E-state index contributed by atoms with van der Waals surface area (Å²) in [6.07, 6.45) is 1.74. The summed E-state index contributed by atoms with van der Waals surface area (Å²) in [6.45, 7) is 5.18. The van der Waals surface area contributed by atoms with Crippen LogP contribution >= 0.6 is 0 Å². The average Bonchev–Trinajstić information content (AvgIpc) is 3.27. The maximum Gasteiger partial charge on any atom is 0.344 e. The second kappa shape index (κ2) is 17.9. The number of hydrogen-bond acceptors (Lipinski definition) is 11. The zero-order valence-electron chi connectivity index (χ0n) is 28.8. The lowest BCUT2D eigenvalue weighted by atomic mass is 9.74. The van der Waals surface area contributed by atoms with E-state index in [4.69, 9.17) is 18.9 Å². The minimum atomic E-state index is -3.84. The van der Waals surface area contributed by atoms with E-state index in [0.717, 1.165) is 37.7 Å². The fourth-order valence-electron chi connectivity index (χ4n) is 6.73. The number of carbonyl (C=O) groups is 5. The van der Waals surface area contributed by atoms with Crippen LogP contribution in [0.2, 0.25) is 0 Å². The molecule has 2 aliphatic heterocycles. The van der Waals surface area contributed by atoms with Crippen molar-refractivity contribution < 1.29 is 68.5 Å². The number of carboxylic acid groups (broad SMARTS) is 3. The zero-order chi connectivity index (χ0) is 37.1. The maximum absolute atomic E-state index is 13.0. The highest BCUT2D eigenvalue weighted by atomic mass is 16.8. The second-order valence-electron chi connectivity index (χ2n) is 13.2. The Morgan fingerprint density at radius 1 is 0.940 bits per heavy atom. The summed E-state index contributed by atoms with van der Waals surface area (Å²) in [5, 5.41) is 53.4. The number of aliphatic hydroxyl groups excluding tert-OH is 1. The molecule has 0 radical (unpaired) electrons. The summed E-state index contributed by atoms with van der Waals surface area (Å²) in [5.74, 6) is -10.9. The molecule has 2 bridgehead atoms. The molecule has 0 amide bonds. The molecule has 50 heavy (non-hydrogen) atoms. The average molecular weight is 707 g/mol. The molecule has 2 heterocycles. The lowest BCUT2D eigenvalue weighted by Crippen LogP contribution is -2.78. The Labute approximate surface area is 291 Å². The van der Waals surface area contributed by atoms with E-state index in [-0.39, 0.29) is 25.2 Å². The number of rotatable bonds is 21. The fourth-order valence-corrected chi connectivity index (χ4v) is 6.73. The number of unbranched alkanes of at least 4 members (excludes halogenated alkanes) is 6. The molecule has 5 N–H and O–H groups in total. The van der Waals surface area contributed by atoms with Crippen molar-refractivity contribution >= 4 is 35.9 Å². The molecule has 14 nitrogen and oxygen atoms in total. The molecule has 2 saturated heterocycles. The van der Waals surface area contributed by atoms with E-state index < -0.39 is 77.7 Å². The van der Waals surface area contributed by atoms with Crippen LogP contribution in [0.15, 0.2) is 36.4 Å². The van der Waals surface area contributed by atoms with Gasteiger partial charge in [0.25, 0.3) is 0 Å². The normalized spacial score (nSPS) is 28.5. The van der Waals surface area contributed by atoms with Gasteiger partial charge in [0.1, 0.15) is 12.2 Å². The molecule has 14 heteroatoms. The van der Waals surface area contributed by atoms with E-state index in [0.29, 0.717) is 19.3 Å². The van der Waals surface area contributed by atoms with E-state index in [2.05, 4.69) is 6.92 Å². The first kappa shape index (κ1) is 40.6. The number of aliphatic hydroxyl groups is 2. The van der Waals surface area contributed by atoms with Crippen molar-refractivity contribution in [3.63, 3.8) is 0 Å². The van der Waals surface area contributed by atoms with Gasteiger partial charge in [-0.15, -0.1) is 0 Å². The van der Waals surface area contributed by atoms with Gasteiger partial charge in [-0.3, -0.25) is 9.59 Å². The summed E-state index contributed by atoms with van der Waals surface area (Å²) in [7, 11) is 0. The molecule has 8 atom stereocenters. The third-order valence-corrected chi connectivity index (χ3v) is 9.43. The quantitative estimate of drug-likeness (QED) is 0.0897. The predicted molar refractivity (Wildman–Crippen MR) is 176 cm³/mol. The summed E-state index contributed by atoms with van der Waals surface area (Å²) < 4.78 is 22.1. The minimum Gasteiger partial charge on any atom is -0.479 e. The molecule has 1 aromatic rings. The Kier molecular flexibility index (Phi) is 14.5. The van der Waals surface area contributed by atoms with Crippen LogP contribution in [0.4, 0.5) is 0 Å². The van der Waals surface area contributed by atoms with Crippen LogP contribution in [-0.4, -0.2) is 96.8 Å². The van der Waals surface area contributed by atoms with E-state index in [9.17, 15) is 49.5 Å². The highest BCUT2D eigenvalue weighted by Gasteiger charge is 2.85. The van der Waals surface area contributed by atoms with Gasteiger partial charge in [-0.1, -0.05) is 94.9 Å². The third kappa shape index (κ3) is 8.89. The van der Waals surface area contributed by atoms with E-state index in [1.165, 1.54) is 6.92 Å². The van der Waals surface area contributed by atoms with E-state index in [1.54, 1.807) is 0 Å². The van der Waals surface area contributed by atoms with Gasteiger partial charge in [0.2, 0.25) is 23.1 Å². The molecule has 2 aliphatic rings. The first-order valence-corrected chi connectivity index (χ1v) is 17.2. The van der Waals surface area contributed by atoms with Crippen molar-refractivity contribution in [2.75, 3.05) is 0 Å². The molecule has 1 aromatic carbocycles. The Bertz CT molecular complexity index is 1360. The van der Waals surface area contributed by atoms with E-state index >= 15 is 0 Å². The van der Waals surface area contributed by atoms with Crippen LogP contribution in [0.25, 0.3) is 6.08 Å². The van der Waals surface area contributed by atoms with Crippen LogP contribution in [0.3, 0.4) is 0 Å². The molecular weight excluding hydrogens is 656 g/mol. The number of carboxylic acids is 3. The highest BCUT2D eigenvalue weighted by Crippen LogP contribution is 2.55. The standard InChI is InChI=1S/C36H50O14/c1-4-5-6-7-8-9-13-21-27(38)48-29-28(39)34(49-30(31(40)41)35(46,32(42)43)36(29,50-34)33(44)45)22-15-20-26(47-24(3)37)23(2)16-14-19-25-17-11-10-12-18-25/h10-12,14,17-19,23,26,28-30,39,46H,4-9,13,15-16,20-22H2,1-3H3,(H,40,41)(H,42,43)(H,44,45)/b19-14+/t23?,26?,28-,29-,30?,34?,35?,36?/m1/s1. The molecule has 0 spiro atoms. The molecular formula is C36H50O14. The fraction of sp³-hybridized carbons (Fsp3) is 0.639. The number of carbonyl (C=O) groups excluding carboxylic acids is 2. The highest BCUT2D eigenvalue weighted by molar-refractivity contribution is 5.98. The number of allylic oxidation sites excluding steroid dienone is 1. The topological polar surface area (TPSA) is 223 Å². The van der Waals surface area contributed by atoms with Gasteiger partial charge in [-0.2, -0.15) is 0 Å². The van der Waals surface area contributed by atoms with Gasteiger partial charge in [0.05, 0.1) is 0 Å². The monoisotopic (exact) mass is 706 g/mol. The van der Waals surface area contributed by atoms with Crippen molar-refractivity contribution in [1.29, 1.82) is 0 Å². The van der Waals surface area contributed by atoms with Crippen molar-refractivity contribution in [1.82, 2.24) is 0 Å². The predicted octanol–water partition coefficient (Wildman–Crippen LogP) is 4.09. The molecule has 3 rings (SSSR count). The van der Waals surface area contributed by atoms with Gasteiger partial charge < -0.3 is 44.5 Å². The van der Waals surface area contributed by atoms with Crippen LogP contribution in [0.5, 0.6) is 0 Å². The molecule has 278 valence electrons. The zero-order valence-corrected chi connectivity index (χ0v) is 28.8. The van der Waals surface area contributed by atoms with Crippen LogP contribution in [0.1, 0.15) is 103 Å². The largest absolute Gasteiger partial charge is 0.479 e. The molecule has 2 fully saturated rings. The van der Waals surface area contributed by atoms with Gasteiger partial charge in [0, 0.05) is 19.8 Å². The SMILES string of the molecule is CCCCCCCCCC(=O)O[C@@H]1[C@@H](O)C2(CCCC(OC(C)=O)C(C)C/C=C/c3ccccc3)OC(C(=O)O)C(O)(C(=O)O)C1(C(=O)O)O2. The van der Waals surface area contributed by atoms with Crippen LogP contribution in [-0.2, 0) is 42.9 Å². The minimum absolute atomic E-state index is 0.0199. The second-order valence-corrected chi connectivity index (χ2v) is 13.2. The Balaban J connectivity index is 1.85. The molecule has 0 aromatic heterocycles. The summed E-state index contributed by atoms with van der Waals surface area (Å²) >= 11 is 0. The van der Waals surface area contributed by atoms with Crippen molar-refractivity contribution in [3.05, 3.63) is 42.0 Å². The van der Waals surface area contributed by atoms with Crippen molar-refractivity contribution in [3.8, 4) is 0 Å². The van der Waals surface area contributed by atoms with Gasteiger partial charge in [-0.05, 0) is 37.2 Å². The Morgan fingerprint density at radius 2 is 1.58 bits per heavy atom. The number of aliphatic carboxylic acids is 3. The molecule has 0 saturated carbocycles. The van der Waals surface area contributed by atoms with Crippen molar-refractivity contribution in [2.45, 2.75) is 139 Å². The summed E-state index contributed by atoms with van der Waals surface area (Å²) in [6, 6.07) is 9.53. The number of hydrogen-bond donors (Lipinski definition) is 5. The smallest absolute Gasteiger partial charge is 0.344 e. The third-order valence-electron chi connectivity index (χ3n) is 9.43. The number of benzene rings is 1. The van der Waals surface area contributed by atoms with Crippen molar-refractivity contribution in [2.24, 2.45) is 5.92 Å². The lowest BCUT2D eigenvalue weighted by molar-refractivity contribution is -0.374. The Morgan fingerprint density at radius 3 is 2.16 bits per heavy atom. The first-order valence-electron chi connectivity index (χ1n) is 17.2. The number of esters is 2. The first-order chi connectivity index (χ1) is 23.7. The lowest BCUT2D eigenvalue weighted by Gasteiger charge is -2.48. The molecule has 6 unspecified atom stereocenters. The van der Waals surface area contributed by atoms with Gasteiger partial charge >= 0.3 is 29.8 Å². The number of ether oxygens (including phenoxy) is 4. The Hall–Kier alpha value is -3.85.